The van der Waals surface area contributed by atoms with Crippen molar-refractivity contribution >= 4 is 24.0 Å². The van der Waals surface area contributed by atoms with E-state index >= 15 is 0 Å². The van der Waals surface area contributed by atoms with Gasteiger partial charge in [0.1, 0.15) is 0 Å². The van der Waals surface area contributed by atoms with Gasteiger partial charge in [-0.15, -0.1) is 12.4 Å². The number of amides is 1. The molecule has 0 aliphatic carbocycles. The molecule has 1 aromatic heterocycles. The summed E-state index contributed by atoms with van der Waals surface area (Å²) in [7, 11) is 0. The van der Waals surface area contributed by atoms with E-state index in [-0.39, 0.29) is 18.3 Å². The molecule has 2 aliphatic rings. The van der Waals surface area contributed by atoms with Crippen molar-refractivity contribution in [2.24, 2.45) is 0 Å². The topological polar surface area (TPSA) is 50.2 Å². The average molecular weight is 333 g/mol. The average Bonchev–Trinajstić information content (AvgIpc) is 3.22. The SMILES string of the molecule is Cl.O=C(c1ccn(C2CCCNC2)n1)N1CCc2ccccc21. The molecule has 1 saturated heterocycles. The van der Waals surface area contributed by atoms with E-state index in [2.05, 4.69) is 16.5 Å². The minimum atomic E-state index is 0. The molecule has 2 aliphatic heterocycles. The molecule has 1 unspecified atom stereocenters. The second-order valence-corrected chi connectivity index (χ2v) is 6.02. The van der Waals surface area contributed by atoms with Crippen molar-refractivity contribution in [2.45, 2.75) is 25.3 Å². The first-order valence-electron chi connectivity index (χ1n) is 7.98. The van der Waals surface area contributed by atoms with Gasteiger partial charge in [0.25, 0.3) is 5.91 Å². The van der Waals surface area contributed by atoms with Gasteiger partial charge in [0.2, 0.25) is 0 Å². The van der Waals surface area contributed by atoms with E-state index in [1.165, 1.54) is 5.56 Å². The summed E-state index contributed by atoms with van der Waals surface area (Å²) in [4.78, 5) is 14.6. The monoisotopic (exact) mass is 332 g/mol. The molecule has 1 atom stereocenters. The zero-order chi connectivity index (χ0) is 14.9. The van der Waals surface area contributed by atoms with Crippen LogP contribution in [0.2, 0.25) is 0 Å². The molecule has 0 bridgehead atoms. The smallest absolute Gasteiger partial charge is 0.278 e. The Morgan fingerprint density at radius 3 is 2.96 bits per heavy atom. The van der Waals surface area contributed by atoms with Gasteiger partial charge in [0.15, 0.2) is 5.69 Å². The number of piperidine rings is 1. The van der Waals surface area contributed by atoms with Crippen molar-refractivity contribution in [2.75, 3.05) is 24.5 Å². The quantitative estimate of drug-likeness (QED) is 0.919. The fourth-order valence-corrected chi connectivity index (χ4v) is 3.40. The number of fused-ring (bicyclic) bond motifs is 1. The summed E-state index contributed by atoms with van der Waals surface area (Å²) in [6.45, 7) is 2.76. The van der Waals surface area contributed by atoms with Crippen LogP contribution in [-0.2, 0) is 6.42 Å². The molecule has 5 nitrogen and oxygen atoms in total. The van der Waals surface area contributed by atoms with E-state index in [9.17, 15) is 4.79 Å². The summed E-state index contributed by atoms with van der Waals surface area (Å²) < 4.78 is 1.95. The van der Waals surface area contributed by atoms with E-state index in [1.54, 1.807) is 0 Å². The van der Waals surface area contributed by atoms with Gasteiger partial charge in [-0.3, -0.25) is 9.48 Å². The summed E-state index contributed by atoms with van der Waals surface area (Å²) in [5.41, 5.74) is 2.82. The number of nitrogens with one attached hydrogen (secondary N) is 1. The van der Waals surface area contributed by atoms with E-state index in [4.69, 9.17) is 0 Å². The van der Waals surface area contributed by atoms with Crippen LogP contribution in [0.15, 0.2) is 36.5 Å². The third kappa shape index (κ3) is 2.99. The lowest BCUT2D eigenvalue weighted by Crippen LogP contribution is -2.32. The molecule has 0 spiro atoms. The maximum atomic E-state index is 12.7. The van der Waals surface area contributed by atoms with Crippen molar-refractivity contribution in [3.63, 3.8) is 0 Å². The third-order valence-electron chi connectivity index (χ3n) is 4.60. The molecule has 1 amide bonds. The van der Waals surface area contributed by atoms with Crippen molar-refractivity contribution in [3.05, 3.63) is 47.8 Å². The highest BCUT2D eigenvalue weighted by molar-refractivity contribution is 6.05. The Morgan fingerprint density at radius 1 is 1.26 bits per heavy atom. The Hall–Kier alpha value is -1.85. The van der Waals surface area contributed by atoms with Crippen molar-refractivity contribution in [3.8, 4) is 0 Å². The number of hydrogen-bond acceptors (Lipinski definition) is 3. The lowest BCUT2D eigenvalue weighted by atomic mass is 10.1. The Labute approximate surface area is 142 Å². The van der Waals surface area contributed by atoms with Gasteiger partial charge >= 0.3 is 0 Å². The van der Waals surface area contributed by atoms with E-state index in [0.29, 0.717) is 11.7 Å². The summed E-state index contributed by atoms with van der Waals surface area (Å²) in [6, 6.07) is 10.3. The second-order valence-electron chi connectivity index (χ2n) is 6.02. The van der Waals surface area contributed by atoms with Gasteiger partial charge in [0, 0.05) is 25.0 Å². The molecule has 0 saturated carbocycles. The van der Waals surface area contributed by atoms with Crippen LogP contribution in [0.4, 0.5) is 5.69 Å². The standard InChI is InChI=1S/C17H20N4O.ClH/c22-17(20-10-7-13-4-1-2-6-16(13)20)15-8-11-21(19-15)14-5-3-9-18-12-14;/h1-2,4,6,8,11,14,18H,3,5,7,9-10,12H2;1H. The van der Waals surface area contributed by atoms with Gasteiger partial charge in [0.05, 0.1) is 6.04 Å². The van der Waals surface area contributed by atoms with E-state index in [0.717, 1.165) is 44.6 Å². The minimum Gasteiger partial charge on any atom is -0.315 e. The molecule has 1 fully saturated rings. The molecule has 4 rings (SSSR count). The van der Waals surface area contributed by atoms with Crippen LogP contribution in [0.5, 0.6) is 0 Å². The number of carbonyl (C=O) groups excluding carboxylic acids is 1. The maximum absolute atomic E-state index is 12.7. The number of halogens is 1. The number of rotatable bonds is 2. The highest BCUT2D eigenvalue weighted by atomic mass is 35.5. The second kappa shape index (κ2) is 6.72. The van der Waals surface area contributed by atoms with Crippen molar-refractivity contribution in [1.29, 1.82) is 0 Å². The molecular weight excluding hydrogens is 312 g/mol. The Kier molecular flexibility index (Phi) is 4.68. The summed E-state index contributed by atoms with van der Waals surface area (Å²) >= 11 is 0. The molecule has 3 heterocycles. The maximum Gasteiger partial charge on any atom is 0.278 e. The normalized spacial score (nSPS) is 20.0. The van der Waals surface area contributed by atoms with Gasteiger partial charge in [-0.1, -0.05) is 18.2 Å². The van der Waals surface area contributed by atoms with Crippen LogP contribution in [0.1, 0.15) is 34.9 Å². The fourth-order valence-electron chi connectivity index (χ4n) is 3.40. The predicted octanol–water partition coefficient (Wildman–Crippen LogP) is 2.43. The van der Waals surface area contributed by atoms with E-state index in [1.807, 2.05) is 40.0 Å². The summed E-state index contributed by atoms with van der Waals surface area (Å²) in [5, 5.41) is 7.92. The lowest BCUT2D eigenvalue weighted by Gasteiger charge is -2.23. The minimum absolute atomic E-state index is 0. The fraction of sp³-hybridized carbons (Fsp3) is 0.412. The predicted molar refractivity (Wildman–Crippen MR) is 92.4 cm³/mol. The first kappa shape index (κ1) is 16.0. The highest BCUT2D eigenvalue weighted by Crippen LogP contribution is 2.28. The van der Waals surface area contributed by atoms with Crippen LogP contribution in [0, 0.1) is 0 Å². The number of aromatic nitrogens is 2. The summed E-state index contributed by atoms with van der Waals surface area (Å²) in [6.07, 6.45) is 5.14. The first-order valence-corrected chi connectivity index (χ1v) is 7.98. The van der Waals surface area contributed by atoms with E-state index < -0.39 is 0 Å². The summed E-state index contributed by atoms with van der Waals surface area (Å²) in [5.74, 6) is 0.00692. The zero-order valence-electron chi connectivity index (χ0n) is 12.9. The highest BCUT2D eigenvalue weighted by Gasteiger charge is 2.27. The molecular formula is C17H21ClN4O. The third-order valence-corrected chi connectivity index (χ3v) is 4.60. The van der Waals surface area contributed by atoms with Crippen LogP contribution in [0.3, 0.4) is 0 Å². The van der Waals surface area contributed by atoms with Crippen LogP contribution in [0.25, 0.3) is 0 Å². The number of nitrogens with zero attached hydrogens (tertiary/aromatic N) is 3. The van der Waals surface area contributed by atoms with Gasteiger partial charge in [-0.25, -0.2) is 0 Å². The number of para-hydroxylation sites is 1. The molecule has 1 aromatic carbocycles. The number of hydrogen-bond donors (Lipinski definition) is 1. The van der Waals surface area contributed by atoms with Gasteiger partial charge in [-0.05, 0) is 43.5 Å². The Morgan fingerprint density at radius 2 is 2.13 bits per heavy atom. The number of carbonyl (C=O) groups is 1. The van der Waals surface area contributed by atoms with Crippen molar-refractivity contribution in [1.82, 2.24) is 15.1 Å². The zero-order valence-corrected chi connectivity index (χ0v) is 13.8. The van der Waals surface area contributed by atoms with Gasteiger partial charge in [-0.2, -0.15) is 5.10 Å². The molecule has 6 heteroatoms. The number of anilines is 1. The van der Waals surface area contributed by atoms with Gasteiger partial charge < -0.3 is 10.2 Å². The van der Waals surface area contributed by atoms with Crippen molar-refractivity contribution < 1.29 is 4.79 Å². The Balaban J connectivity index is 0.00000156. The lowest BCUT2D eigenvalue weighted by molar-refractivity contribution is 0.0983. The van der Waals surface area contributed by atoms with Crippen LogP contribution in [-0.4, -0.2) is 35.3 Å². The molecule has 0 radical (unpaired) electrons. The van der Waals surface area contributed by atoms with Crippen LogP contribution < -0.4 is 10.2 Å². The number of benzene rings is 1. The molecule has 23 heavy (non-hydrogen) atoms. The molecule has 122 valence electrons. The van der Waals surface area contributed by atoms with Crippen LogP contribution >= 0.6 is 12.4 Å². The molecule has 2 aromatic rings. The molecule has 1 N–H and O–H groups in total. The Bertz CT molecular complexity index is 693. The first-order chi connectivity index (χ1) is 10.8. The largest absolute Gasteiger partial charge is 0.315 e.